The first-order chi connectivity index (χ1) is 9.92. The van der Waals surface area contributed by atoms with Gasteiger partial charge >= 0.3 is 0 Å². The zero-order chi connectivity index (χ0) is 13.6. The highest BCUT2D eigenvalue weighted by atomic mass is 16.5. The van der Waals surface area contributed by atoms with E-state index in [-0.39, 0.29) is 0 Å². The van der Waals surface area contributed by atoms with Crippen LogP contribution in [0.4, 0.5) is 0 Å². The topological polar surface area (TPSA) is 39.1 Å². The lowest BCUT2D eigenvalue weighted by Gasteiger charge is -2.07. The third-order valence-corrected chi connectivity index (χ3v) is 3.75. The van der Waals surface area contributed by atoms with Crippen molar-refractivity contribution in [1.29, 1.82) is 0 Å². The Bertz CT molecular complexity index is 518. The van der Waals surface area contributed by atoms with E-state index in [9.17, 15) is 0 Å². The number of benzene rings is 1. The molecule has 0 amide bonds. The lowest BCUT2D eigenvalue weighted by atomic mass is 10.1. The summed E-state index contributed by atoms with van der Waals surface area (Å²) in [5.74, 6) is 0.789. The highest BCUT2D eigenvalue weighted by molar-refractivity contribution is 5.30. The van der Waals surface area contributed by atoms with Crippen molar-refractivity contribution in [3.63, 3.8) is 0 Å². The number of rotatable bonds is 6. The number of hydrogen-bond donors (Lipinski definition) is 1. The molecule has 4 heteroatoms. The Morgan fingerprint density at radius 3 is 2.95 bits per heavy atom. The van der Waals surface area contributed by atoms with Crippen LogP contribution in [-0.2, 0) is 11.3 Å². The van der Waals surface area contributed by atoms with Crippen LogP contribution in [0.1, 0.15) is 18.5 Å². The third kappa shape index (κ3) is 3.46. The van der Waals surface area contributed by atoms with Gasteiger partial charge in [-0.1, -0.05) is 18.2 Å². The Morgan fingerprint density at radius 1 is 1.25 bits per heavy atom. The van der Waals surface area contributed by atoms with Crippen molar-refractivity contribution in [2.24, 2.45) is 5.92 Å². The van der Waals surface area contributed by atoms with Gasteiger partial charge in [0, 0.05) is 12.8 Å². The summed E-state index contributed by atoms with van der Waals surface area (Å²) in [5, 5.41) is 7.91. The molecule has 106 valence electrons. The van der Waals surface area contributed by atoms with Gasteiger partial charge in [0.05, 0.1) is 18.0 Å². The van der Waals surface area contributed by atoms with Gasteiger partial charge in [0.2, 0.25) is 0 Å². The van der Waals surface area contributed by atoms with Gasteiger partial charge in [-0.2, -0.15) is 5.10 Å². The minimum absolute atomic E-state index is 0.597. The first-order valence-electron chi connectivity index (χ1n) is 7.30. The lowest BCUT2D eigenvalue weighted by molar-refractivity contribution is 0.106. The SMILES string of the molecule is c1ccc(-n2ccc(COCCC3CCNC3)n2)cc1. The summed E-state index contributed by atoms with van der Waals surface area (Å²) >= 11 is 0. The van der Waals surface area contributed by atoms with Gasteiger partial charge in [-0.15, -0.1) is 0 Å². The normalized spacial score (nSPS) is 18.5. The summed E-state index contributed by atoms with van der Waals surface area (Å²) in [4.78, 5) is 0. The molecule has 2 heterocycles. The van der Waals surface area contributed by atoms with E-state index in [1.807, 2.05) is 47.3 Å². The average molecular weight is 271 g/mol. The molecule has 1 aliphatic heterocycles. The average Bonchev–Trinajstić information content (AvgIpc) is 3.16. The molecule has 0 spiro atoms. The van der Waals surface area contributed by atoms with Crippen LogP contribution in [0.2, 0.25) is 0 Å². The van der Waals surface area contributed by atoms with Gasteiger partial charge < -0.3 is 10.1 Å². The van der Waals surface area contributed by atoms with E-state index in [0.717, 1.165) is 43.4 Å². The van der Waals surface area contributed by atoms with E-state index in [4.69, 9.17) is 4.74 Å². The summed E-state index contributed by atoms with van der Waals surface area (Å²) in [5.41, 5.74) is 2.06. The summed E-state index contributed by atoms with van der Waals surface area (Å²) in [6.07, 6.45) is 4.41. The van der Waals surface area contributed by atoms with Gasteiger partial charge in [0.25, 0.3) is 0 Å². The first-order valence-corrected chi connectivity index (χ1v) is 7.30. The number of nitrogens with one attached hydrogen (secondary N) is 1. The molecule has 0 aliphatic carbocycles. The number of ether oxygens (including phenoxy) is 1. The van der Waals surface area contributed by atoms with E-state index in [0.29, 0.717) is 6.61 Å². The zero-order valence-corrected chi connectivity index (χ0v) is 11.7. The van der Waals surface area contributed by atoms with Gasteiger partial charge in [-0.25, -0.2) is 4.68 Å². The van der Waals surface area contributed by atoms with Gasteiger partial charge in [0.1, 0.15) is 0 Å². The molecule has 1 unspecified atom stereocenters. The van der Waals surface area contributed by atoms with Crippen LogP contribution in [0.3, 0.4) is 0 Å². The second-order valence-electron chi connectivity index (χ2n) is 5.29. The second-order valence-corrected chi connectivity index (χ2v) is 5.29. The summed E-state index contributed by atoms with van der Waals surface area (Å²) < 4.78 is 7.62. The number of nitrogens with zero attached hydrogens (tertiary/aromatic N) is 2. The molecule has 1 N–H and O–H groups in total. The van der Waals surface area contributed by atoms with Crippen molar-refractivity contribution in [3.05, 3.63) is 48.3 Å². The van der Waals surface area contributed by atoms with Crippen molar-refractivity contribution in [3.8, 4) is 5.69 Å². The Morgan fingerprint density at radius 2 is 2.15 bits per heavy atom. The zero-order valence-electron chi connectivity index (χ0n) is 11.7. The number of hydrogen-bond acceptors (Lipinski definition) is 3. The Labute approximate surface area is 119 Å². The van der Waals surface area contributed by atoms with E-state index >= 15 is 0 Å². The van der Waals surface area contributed by atoms with Crippen LogP contribution in [0, 0.1) is 5.92 Å². The lowest BCUT2D eigenvalue weighted by Crippen LogP contribution is -2.10. The maximum Gasteiger partial charge on any atom is 0.0906 e. The summed E-state index contributed by atoms with van der Waals surface area (Å²) in [6.45, 7) is 3.72. The summed E-state index contributed by atoms with van der Waals surface area (Å²) in [7, 11) is 0. The van der Waals surface area contributed by atoms with Crippen LogP contribution < -0.4 is 5.32 Å². The Balaban J connectivity index is 1.45. The molecule has 0 bridgehead atoms. The van der Waals surface area contributed by atoms with Crippen molar-refractivity contribution < 1.29 is 4.74 Å². The molecule has 4 nitrogen and oxygen atoms in total. The standard InChI is InChI=1S/C16H21N3O/c1-2-4-16(5-3-1)19-10-7-15(18-19)13-20-11-8-14-6-9-17-12-14/h1-5,7,10,14,17H,6,8-9,11-13H2. The smallest absolute Gasteiger partial charge is 0.0906 e. The highest BCUT2D eigenvalue weighted by Gasteiger charge is 2.13. The van der Waals surface area contributed by atoms with E-state index in [1.54, 1.807) is 0 Å². The maximum absolute atomic E-state index is 5.73. The van der Waals surface area contributed by atoms with E-state index < -0.39 is 0 Å². The monoisotopic (exact) mass is 271 g/mol. The predicted octanol–water partition coefficient (Wildman–Crippen LogP) is 2.39. The molecule has 0 saturated carbocycles. The van der Waals surface area contributed by atoms with Crippen LogP contribution >= 0.6 is 0 Å². The highest BCUT2D eigenvalue weighted by Crippen LogP contribution is 2.12. The fourth-order valence-corrected chi connectivity index (χ4v) is 2.55. The molecular formula is C16H21N3O. The number of para-hydroxylation sites is 1. The minimum atomic E-state index is 0.597. The molecule has 1 aromatic carbocycles. The molecule has 1 fully saturated rings. The van der Waals surface area contributed by atoms with E-state index in [2.05, 4.69) is 10.4 Å². The van der Waals surface area contributed by atoms with Crippen LogP contribution in [0.15, 0.2) is 42.6 Å². The Kier molecular flexibility index (Phi) is 4.46. The van der Waals surface area contributed by atoms with Crippen molar-refractivity contribution in [2.45, 2.75) is 19.4 Å². The molecule has 1 aliphatic rings. The fraction of sp³-hybridized carbons (Fsp3) is 0.438. The van der Waals surface area contributed by atoms with Crippen LogP contribution in [0.5, 0.6) is 0 Å². The first kappa shape index (κ1) is 13.3. The predicted molar refractivity (Wildman–Crippen MR) is 78.8 cm³/mol. The molecule has 1 atom stereocenters. The van der Waals surface area contributed by atoms with Crippen LogP contribution in [0.25, 0.3) is 5.69 Å². The van der Waals surface area contributed by atoms with Crippen molar-refractivity contribution in [1.82, 2.24) is 15.1 Å². The maximum atomic E-state index is 5.73. The molecule has 1 saturated heterocycles. The quantitative estimate of drug-likeness (QED) is 0.820. The van der Waals surface area contributed by atoms with Gasteiger partial charge in [-0.3, -0.25) is 0 Å². The molecule has 2 aromatic rings. The van der Waals surface area contributed by atoms with Crippen LogP contribution in [-0.4, -0.2) is 29.5 Å². The largest absolute Gasteiger partial charge is 0.375 e. The van der Waals surface area contributed by atoms with Gasteiger partial charge in [-0.05, 0) is 50.0 Å². The number of aromatic nitrogens is 2. The summed E-state index contributed by atoms with van der Waals surface area (Å²) in [6, 6.07) is 12.2. The molecule has 20 heavy (non-hydrogen) atoms. The fourth-order valence-electron chi connectivity index (χ4n) is 2.55. The molecular weight excluding hydrogens is 250 g/mol. The second kappa shape index (κ2) is 6.68. The van der Waals surface area contributed by atoms with Crippen molar-refractivity contribution in [2.75, 3.05) is 19.7 Å². The molecule has 0 radical (unpaired) electrons. The minimum Gasteiger partial charge on any atom is -0.375 e. The molecule has 3 rings (SSSR count). The van der Waals surface area contributed by atoms with Crippen molar-refractivity contribution >= 4 is 0 Å². The Hall–Kier alpha value is -1.65. The third-order valence-electron chi connectivity index (χ3n) is 3.75. The van der Waals surface area contributed by atoms with Gasteiger partial charge in [0.15, 0.2) is 0 Å². The molecule has 1 aromatic heterocycles. The van der Waals surface area contributed by atoms with E-state index in [1.165, 1.54) is 6.42 Å².